The lowest BCUT2D eigenvalue weighted by Gasteiger charge is -2.07. The van der Waals surface area contributed by atoms with E-state index < -0.39 is 0 Å². The molecule has 0 atom stereocenters. The summed E-state index contributed by atoms with van der Waals surface area (Å²) in [4.78, 5) is 8.91. The molecule has 0 aliphatic carbocycles. The van der Waals surface area contributed by atoms with Gasteiger partial charge >= 0.3 is 0 Å². The van der Waals surface area contributed by atoms with Gasteiger partial charge in [0.1, 0.15) is 11.3 Å². The molecule has 0 N–H and O–H groups in total. The highest BCUT2D eigenvalue weighted by Gasteiger charge is 2.13. The largest absolute Gasteiger partial charge is 0.281 e. The molecule has 0 fully saturated rings. The van der Waals surface area contributed by atoms with E-state index in [2.05, 4.69) is 16.0 Å². The molecular formula is C15H10Cl2N4. The molecule has 4 nitrogen and oxygen atoms in total. The number of hydrogen-bond donors (Lipinski definition) is 0. The summed E-state index contributed by atoms with van der Waals surface area (Å²) >= 11 is 11.8. The molecule has 0 spiro atoms. The minimum atomic E-state index is 0.466. The number of pyridine rings is 1. The van der Waals surface area contributed by atoms with Crippen molar-refractivity contribution in [3.63, 3.8) is 0 Å². The first kappa shape index (κ1) is 13.9. The fourth-order valence-electron chi connectivity index (χ4n) is 2.20. The zero-order valence-electron chi connectivity index (χ0n) is 10.9. The first-order chi connectivity index (χ1) is 10.2. The van der Waals surface area contributed by atoms with Crippen LogP contribution >= 0.6 is 23.2 Å². The quantitative estimate of drug-likeness (QED) is 0.692. The summed E-state index contributed by atoms with van der Waals surface area (Å²) in [5.41, 5.74) is 2.96. The highest BCUT2D eigenvalue weighted by Crippen LogP contribution is 2.23. The highest BCUT2D eigenvalue weighted by atomic mass is 35.5. The van der Waals surface area contributed by atoms with Crippen molar-refractivity contribution in [2.75, 3.05) is 5.88 Å². The first-order valence-corrected chi connectivity index (χ1v) is 7.23. The van der Waals surface area contributed by atoms with Crippen LogP contribution in [-0.2, 0) is 6.42 Å². The normalized spacial score (nSPS) is 10.7. The first-order valence-electron chi connectivity index (χ1n) is 6.32. The van der Waals surface area contributed by atoms with Gasteiger partial charge in [-0.2, -0.15) is 5.26 Å². The number of nitriles is 1. The summed E-state index contributed by atoms with van der Waals surface area (Å²) in [5, 5.41) is 9.43. The molecule has 0 aliphatic rings. The van der Waals surface area contributed by atoms with Gasteiger partial charge in [0.05, 0.1) is 16.7 Å². The van der Waals surface area contributed by atoms with E-state index in [4.69, 9.17) is 28.5 Å². The van der Waals surface area contributed by atoms with Gasteiger partial charge in [-0.1, -0.05) is 11.6 Å². The average Bonchev–Trinajstić information content (AvgIpc) is 2.85. The van der Waals surface area contributed by atoms with Crippen LogP contribution in [0.15, 0.2) is 36.5 Å². The van der Waals surface area contributed by atoms with E-state index in [1.165, 1.54) is 0 Å². The van der Waals surface area contributed by atoms with Gasteiger partial charge in [-0.25, -0.2) is 9.97 Å². The van der Waals surface area contributed by atoms with Gasteiger partial charge in [0.25, 0.3) is 0 Å². The van der Waals surface area contributed by atoms with Crippen molar-refractivity contribution in [3.8, 4) is 11.8 Å². The summed E-state index contributed by atoms with van der Waals surface area (Å²) in [5.74, 6) is 1.28. The Bertz CT molecular complexity index is 831. The predicted molar refractivity (Wildman–Crippen MR) is 83.0 cm³/mol. The van der Waals surface area contributed by atoms with Gasteiger partial charge in [-0.3, -0.25) is 4.57 Å². The maximum atomic E-state index is 8.89. The minimum absolute atomic E-state index is 0.466. The van der Waals surface area contributed by atoms with E-state index in [1.54, 1.807) is 24.4 Å². The molecule has 3 rings (SSSR count). The van der Waals surface area contributed by atoms with Crippen LogP contribution in [-0.4, -0.2) is 20.4 Å². The second kappa shape index (κ2) is 5.72. The van der Waals surface area contributed by atoms with Gasteiger partial charge in [0, 0.05) is 24.2 Å². The number of halogens is 2. The zero-order chi connectivity index (χ0) is 14.8. The number of benzene rings is 1. The van der Waals surface area contributed by atoms with Crippen LogP contribution in [0.1, 0.15) is 11.4 Å². The van der Waals surface area contributed by atoms with Gasteiger partial charge in [0.2, 0.25) is 0 Å². The van der Waals surface area contributed by atoms with Crippen LogP contribution in [0, 0.1) is 11.3 Å². The average molecular weight is 317 g/mol. The fraction of sp³-hybridized carbons (Fsp3) is 0.133. The lowest BCUT2D eigenvalue weighted by Crippen LogP contribution is -2.03. The van der Waals surface area contributed by atoms with E-state index in [0.717, 1.165) is 22.7 Å². The number of aromatic nitrogens is 3. The van der Waals surface area contributed by atoms with Crippen molar-refractivity contribution in [1.82, 2.24) is 14.5 Å². The number of nitrogens with zero attached hydrogens (tertiary/aromatic N) is 4. The standard InChI is InChI=1S/C15H10Cl2N4/c16-6-5-14-20-13-7-11(17)9-19-15(13)21(14)12-3-1-10(8-18)2-4-12/h1-4,7,9H,5-6H2. The van der Waals surface area contributed by atoms with Crippen molar-refractivity contribution in [1.29, 1.82) is 5.26 Å². The van der Waals surface area contributed by atoms with Crippen molar-refractivity contribution < 1.29 is 0 Å². The van der Waals surface area contributed by atoms with Crippen LogP contribution in [0.2, 0.25) is 5.02 Å². The summed E-state index contributed by atoms with van der Waals surface area (Å²) < 4.78 is 1.94. The maximum absolute atomic E-state index is 8.89. The highest BCUT2D eigenvalue weighted by molar-refractivity contribution is 6.31. The Morgan fingerprint density at radius 3 is 2.67 bits per heavy atom. The molecule has 0 amide bonds. The van der Waals surface area contributed by atoms with Crippen molar-refractivity contribution in [2.24, 2.45) is 0 Å². The molecule has 2 aromatic heterocycles. The van der Waals surface area contributed by atoms with Gasteiger partial charge in [0.15, 0.2) is 5.65 Å². The molecular weight excluding hydrogens is 307 g/mol. The van der Waals surface area contributed by atoms with Crippen LogP contribution in [0.25, 0.3) is 16.9 Å². The summed E-state index contributed by atoms with van der Waals surface area (Å²) in [7, 11) is 0. The molecule has 21 heavy (non-hydrogen) atoms. The second-order valence-electron chi connectivity index (χ2n) is 4.46. The third-order valence-electron chi connectivity index (χ3n) is 3.11. The third-order valence-corrected chi connectivity index (χ3v) is 3.50. The second-order valence-corrected chi connectivity index (χ2v) is 5.27. The van der Waals surface area contributed by atoms with Crippen LogP contribution in [0.3, 0.4) is 0 Å². The SMILES string of the molecule is N#Cc1ccc(-n2c(CCCl)nc3cc(Cl)cnc32)cc1. The Labute approximate surface area is 131 Å². The Balaban J connectivity index is 2.22. The van der Waals surface area contributed by atoms with Gasteiger partial charge in [-0.15, -0.1) is 11.6 Å². The van der Waals surface area contributed by atoms with Crippen LogP contribution in [0.4, 0.5) is 0 Å². The van der Waals surface area contributed by atoms with E-state index >= 15 is 0 Å². The predicted octanol–water partition coefficient (Wildman–Crippen LogP) is 3.73. The lowest BCUT2D eigenvalue weighted by molar-refractivity contribution is 0.905. The smallest absolute Gasteiger partial charge is 0.164 e. The van der Waals surface area contributed by atoms with Crippen LogP contribution < -0.4 is 0 Å². The van der Waals surface area contributed by atoms with Gasteiger partial charge < -0.3 is 0 Å². The monoisotopic (exact) mass is 316 g/mol. The number of fused-ring (bicyclic) bond motifs is 1. The molecule has 3 aromatic rings. The molecule has 2 heterocycles. The van der Waals surface area contributed by atoms with E-state index in [0.29, 0.717) is 22.9 Å². The Hall–Kier alpha value is -2.09. The topological polar surface area (TPSA) is 54.5 Å². The molecule has 1 aromatic carbocycles. The molecule has 0 bridgehead atoms. The van der Waals surface area contributed by atoms with Crippen LogP contribution in [0.5, 0.6) is 0 Å². The number of aryl methyl sites for hydroxylation is 1. The van der Waals surface area contributed by atoms with Crippen molar-refractivity contribution in [2.45, 2.75) is 6.42 Å². The maximum Gasteiger partial charge on any atom is 0.164 e. The molecule has 0 saturated heterocycles. The minimum Gasteiger partial charge on any atom is -0.281 e. The number of hydrogen-bond acceptors (Lipinski definition) is 3. The van der Waals surface area contributed by atoms with Crippen molar-refractivity contribution >= 4 is 34.4 Å². The van der Waals surface area contributed by atoms with E-state index in [-0.39, 0.29) is 0 Å². The number of rotatable bonds is 3. The Kier molecular flexibility index (Phi) is 3.78. The molecule has 0 aliphatic heterocycles. The lowest BCUT2D eigenvalue weighted by atomic mass is 10.2. The number of alkyl halides is 1. The van der Waals surface area contributed by atoms with Gasteiger partial charge in [-0.05, 0) is 30.3 Å². The third kappa shape index (κ3) is 2.58. The Morgan fingerprint density at radius 2 is 2.00 bits per heavy atom. The van der Waals surface area contributed by atoms with E-state index in [9.17, 15) is 0 Å². The molecule has 0 radical (unpaired) electrons. The zero-order valence-corrected chi connectivity index (χ0v) is 12.4. The molecule has 0 unspecified atom stereocenters. The summed E-state index contributed by atoms with van der Waals surface area (Å²) in [6, 6.07) is 11.2. The number of imidazole rings is 1. The summed E-state index contributed by atoms with van der Waals surface area (Å²) in [6.45, 7) is 0. The fourth-order valence-corrected chi connectivity index (χ4v) is 2.52. The summed E-state index contributed by atoms with van der Waals surface area (Å²) in [6.07, 6.45) is 2.21. The molecule has 6 heteroatoms. The van der Waals surface area contributed by atoms with Crippen molar-refractivity contribution in [3.05, 3.63) is 52.9 Å². The molecule has 0 saturated carbocycles. The van der Waals surface area contributed by atoms with E-state index in [1.807, 2.05) is 16.7 Å². The Morgan fingerprint density at radius 1 is 1.24 bits per heavy atom. The molecule has 104 valence electrons.